The average Bonchev–Trinajstić information content (AvgIpc) is 2.87. The molecule has 2 unspecified atom stereocenters. The van der Waals surface area contributed by atoms with Crippen LogP contribution < -0.4 is 10.1 Å². The molecule has 20 heavy (non-hydrogen) atoms. The largest absolute Gasteiger partial charge is 0.474 e. The van der Waals surface area contributed by atoms with Gasteiger partial charge in [0.15, 0.2) is 0 Å². The first-order chi connectivity index (χ1) is 9.76. The maximum absolute atomic E-state index is 6.20. The molecule has 2 aromatic rings. The van der Waals surface area contributed by atoms with Crippen LogP contribution in [0.15, 0.2) is 11.4 Å². The lowest BCUT2D eigenvalue weighted by molar-refractivity contribution is 0.126. The van der Waals surface area contributed by atoms with Crippen molar-refractivity contribution in [2.24, 2.45) is 5.92 Å². The van der Waals surface area contributed by atoms with Gasteiger partial charge in [0.25, 0.3) is 0 Å². The van der Waals surface area contributed by atoms with Crippen molar-refractivity contribution in [1.82, 2.24) is 9.97 Å². The van der Waals surface area contributed by atoms with Gasteiger partial charge in [0, 0.05) is 6.54 Å². The summed E-state index contributed by atoms with van der Waals surface area (Å²) in [5.41, 5.74) is 0. The fourth-order valence-electron chi connectivity index (χ4n) is 2.80. The Labute approximate surface area is 123 Å². The minimum atomic E-state index is 0.297. The summed E-state index contributed by atoms with van der Waals surface area (Å²) in [6.07, 6.45) is 5.14. The van der Waals surface area contributed by atoms with Gasteiger partial charge in [-0.2, -0.15) is 4.98 Å². The lowest BCUT2D eigenvalue weighted by atomic mass is 9.89. The zero-order valence-electron chi connectivity index (χ0n) is 12.1. The number of hydrogen-bond acceptors (Lipinski definition) is 5. The molecule has 1 aliphatic carbocycles. The van der Waals surface area contributed by atoms with Crippen LogP contribution in [-0.2, 0) is 0 Å². The van der Waals surface area contributed by atoms with E-state index < -0.39 is 0 Å². The molecule has 1 N–H and O–H groups in total. The van der Waals surface area contributed by atoms with Crippen LogP contribution >= 0.6 is 11.3 Å². The van der Waals surface area contributed by atoms with E-state index in [2.05, 4.69) is 28.3 Å². The number of nitrogens with zero attached hydrogens (tertiary/aromatic N) is 2. The zero-order chi connectivity index (χ0) is 13.9. The number of fused-ring (bicyclic) bond motifs is 1. The second-order valence-electron chi connectivity index (χ2n) is 5.53. The summed E-state index contributed by atoms with van der Waals surface area (Å²) < 4.78 is 6.20. The predicted octanol–water partition coefficient (Wildman–Crippen LogP) is 4.08. The summed E-state index contributed by atoms with van der Waals surface area (Å²) >= 11 is 1.63. The lowest BCUT2D eigenvalue weighted by Crippen LogP contribution is -2.24. The Balaban J connectivity index is 1.86. The summed E-state index contributed by atoms with van der Waals surface area (Å²) in [4.78, 5) is 10.0. The monoisotopic (exact) mass is 291 g/mol. The molecule has 1 saturated carbocycles. The molecule has 0 amide bonds. The van der Waals surface area contributed by atoms with Crippen molar-refractivity contribution in [3.63, 3.8) is 0 Å². The van der Waals surface area contributed by atoms with Crippen LogP contribution in [0.3, 0.4) is 0 Å². The third kappa shape index (κ3) is 2.87. The maximum atomic E-state index is 6.20. The van der Waals surface area contributed by atoms with Gasteiger partial charge in [-0.3, -0.25) is 0 Å². The molecule has 2 heterocycles. The van der Waals surface area contributed by atoms with Gasteiger partial charge in [0.2, 0.25) is 11.8 Å². The second-order valence-corrected chi connectivity index (χ2v) is 6.43. The van der Waals surface area contributed by atoms with E-state index in [4.69, 9.17) is 4.74 Å². The van der Waals surface area contributed by atoms with Crippen molar-refractivity contribution in [2.75, 3.05) is 11.9 Å². The van der Waals surface area contributed by atoms with Crippen molar-refractivity contribution in [1.29, 1.82) is 0 Å². The van der Waals surface area contributed by atoms with Crippen molar-refractivity contribution in [3.8, 4) is 5.88 Å². The first kappa shape index (κ1) is 13.6. The second kappa shape index (κ2) is 5.95. The topological polar surface area (TPSA) is 47.0 Å². The van der Waals surface area contributed by atoms with Gasteiger partial charge in [-0.1, -0.05) is 13.3 Å². The standard InChI is InChI=1S/C15H21N3OS/c1-3-16-15-17-13(12-7-8-20-14(12)18-15)19-11-6-4-5-10(2)9-11/h7-8,10-11H,3-6,9H2,1-2H3,(H,16,17,18). The summed E-state index contributed by atoms with van der Waals surface area (Å²) in [5.74, 6) is 2.16. The highest BCUT2D eigenvalue weighted by Gasteiger charge is 2.22. The average molecular weight is 291 g/mol. The van der Waals surface area contributed by atoms with Gasteiger partial charge in [0.1, 0.15) is 10.9 Å². The third-order valence-electron chi connectivity index (χ3n) is 3.79. The molecule has 1 fully saturated rings. The molecule has 0 saturated heterocycles. The van der Waals surface area contributed by atoms with Crippen LogP contribution in [0.25, 0.3) is 10.2 Å². The fraction of sp³-hybridized carbons (Fsp3) is 0.600. The number of hydrogen-bond donors (Lipinski definition) is 1. The van der Waals surface area contributed by atoms with Gasteiger partial charge < -0.3 is 10.1 Å². The van der Waals surface area contributed by atoms with Crippen LogP contribution in [0.4, 0.5) is 5.95 Å². The van der Waals surface area contributed by atoms with Gasteiger partial charge in [-0.25, -0.2) is 4.98 Å². The first-order valence-electron chi connectivity index (χ1n) is 7.42. The SMILES string of the molecule is CCNc1nc(OC2CCCC(C)C2)c2ccsc2n1. The highest BCUT2D eigenvalue weighted by atomic mass is 32.1. The molecule has 2 atom stereocenters. The van der Waals surface area contributed by atoms with Crippen LogP contribution in [-0.4, -0.2) is 22.6 Å². The molecule has 1 aliphatic rings. The van der Waals surface area contributed by atoms with Crippen LogP contribution in [0, 0.1) is 5.92 Å². The number of aromatic nitrogens is 2. The molecule has 4 nitrogen and oxygen atoms in total. The van der Waals surface area contributed by atoms with E-state index in [0.29, 0.717) is 12.1 Å². The first-order valence-corrected chi connectivity index (χ1v) is 8.30. The summed E-state index contributed by atoms with van der Waals surface area (Å²) in [5, 5.41) is 6.26. The van der Waals surface area contributed by atoms with Gasteiger partial charge in [0.05, 0.1) is 5.39 Å². The smallest absolute Gasteiger partial charge is 0.227 e. The molecule has 108 valence electrons. The predicted molar refractivity (Wildman–Crippen MR) is 83.6 cm³/mol. The number of ether oxygens (including phenoxy) is 1. The molecule has 2 aromatic heterocycles. The summed E-state index contributed by atoms with van der Waals surface area (Å²) in [7, 11) is 0. The van der Waals surface area contributed by atoms with E-state index in [9.17, 15) is 0 Å². The highest BCUT2D eigenvalue weighted by molar-refractivity contribution is 7.16. The van der Waals surface area contributed by atoms with E-state index in [1.165, 1.54) is 12.8 Å². The van der Waals surface area contributed by atoms with Gasteiger partial charge in [-0.15, -0.1) is 11.3 Å². The Hall–Kier alpha value is -1.36. The third-order valence-corrected chi connectivity index (χ3v) is 4.60. The van der Waals surface area contributed by atoms with E-state index in [1.54, 1.807) is 11.3 Å². The van der Waals surface area contributed by atoms with Crippen LogP contribution in [0.5, 0.6) is 5.88 Å². The van der Waals surface area contributed by atoms with Crippen LogP contribution in [0.2, 0.25) is 0 Å². The fourth-order valence-corrected chi connectivity index (χ4v) is 3.55. The molecule has 3 rings (SSSR count). The molecule has 5 heteroatoms. The summed E-state index contributed by atoms with van der Waals surface area (Å²) in [6, 6.07) is 2.05. The van der Waals surface area contributed by atoms with E-state index >= 15 is 0 Å². The molecule has 0 radical (unpaired) electrons. The minimum Gasteiger partial charge on any atom is -0.474 e. The Kier molecular flexibility index (Phi) is 4.05. The highest BCUT2D eigenvalue weighted by Crippen LogP contribution is 2.32. The molecule has 0 aliphatic heterocycles. The molecule has 0 bridgehead atoms. The summed E-state index contributed by atoms with van der Waals surface area (Å²) in [6.45, 7) is 5.17. The molecular weight excluding hydrogens is 270 g/mol. The minimum absolute atomic E-state index is 0.297. The Morgan fingerprint density at radius 2 is 2.30 bits per heavy atom. The van der Waals surface area contributed by atoms with E-state index in [-0.39, 0.29) is 0 Å². The quantitative estimate of drug-likeness (QED) is 0.922. The normalized spacial score (nSPS) is 22.9. The molecular formula is C15H21N3OS. The zero-order valence-corrected chi connectivity index (χ0v) is 12.9. The van der Waals surface area contributed by atoms with E-state index in [0.717, 1.165) is 41.4 Å². The van der Waals surface area contributed by atoms with Crippen LogP contribution in [0.1, 0.15) is 39.5 Å². The van der Waals surface area contributed by atoms with E-state index in [1.807, 2.05) is 12.3 Å². The number of thiophene rings is 1. The van der Waals surface area contributed by atoms with Gasteiger partial charge >= 0.3 is 0 Å². The molecule has 0 spiro atoms. The van der Waals surface area contributed by atoms with Crippen molar-refractivity contribution in [3.05, 3.63) is 11.4 Å². The van der Waals surface area contributed by atoms with Gasteiger partial charge in [-0.05, 0) is 43.6 Å². The van der Waals surface area contributed by atoms with Crippen molar-refractivity contribution < 1.29 is 4.74 Å². The number of anilines is 1. The Morgan fingerprint density at radius 3 is 3.10 bits per heavy atom. The number of nitrogens with one attached hydrogen (secondary N) is 1. The van der Waals surface area contributed by atoms with Crippen molar-refractivity contribution >= 4 is 27.5 Å². The molecule has 0 aromatic carbocycles. The lowest BCUT2D eigenvalue weighted by Gasteiger charge is -2.27. The maximum Gasteiger partial charge on any atom is 0.227 e. The Morgan fingerprint density at radius 1 is 1.40 bits per heavy atom. The Bertz CT molecular complexity index is 584. The number of rotatable bonds is 4. The van der Waals surface area contributed by atoms with Crippen molar-refractivity contribution in [2.45, 2.75) is 45.6 Å².